The van der Waals surface area contributed by atoms with E-state index in [-0.39, 0.29) is 0 Å². The first kappa shape index (κ1) is 11.5. The normalized spacial score (nSPS) is 12.4. The summed E-state index contributed by atoms with van der Waals surface area (Å²) in [6.07, 6.45) is 3.74. The van der Waals surface area contributed by atoms with E-state index in [0.717, 1.165) is 4.47 Å². The SMILES string of the molecule is OC(c1cnccn1)c1cccc(Br)c1Cl. The van der Waals surface area contributed by atoms with E-state index in [9.17, 15) is 5.11 Å². The van der Waals surface area contributed by atoms with Gasteiger partial charge < -0.3 is 5.11 Å². The molecule has 2 rings (SSSR count). The Bertz CT molecular complexity index is 493. The molecular formula is C11H8BrClN2O. The van der Waals surface area contributed by atoms with Crippen LogP contribution < -0.4 is 0 Å². The molecule has 1 atom stereocenters. The van der Waals surface area contributed by atoms with E-state index in [1.54, 1.807) is 12.3 Å². The van der Waals surface area contributed by atoms with Gasteiger partial charge in [0.05, 0.1) is 16.9 Å². The van der Waals surface area contributed by atoms with Crippen molar-refractivity contribution in [2.24, 2.45) is 0 Å². The number of rotatable bonds is 2. The van der Waals surface area contributed by atoms with Crippen LogP contribution >= 0.6 is 27.5 Å². The summed E-state index contributed by atoms with van der Waals surface area (Å²) in [5.74, 6) is 0. The van der Waals surface area contributed by atoms with E-state index in [0.29, 0.717) is 16.3 Å². The van der Waals surface area contributed by atoms with Crippen molar-refractivity contribution in [2.45, 2.75) is 6.10 Å². The average molecular weight is 300 g/mol. The van der Waals surface area contributed by atoms with E-state index in [1.807, 2.05) is 12.1 Å². The van der Waals surface area contributed by atoms with Crippen LogP contribution in [0.25, 0.3) is 0 Å². The van der Waals surface area contributed by atoms with Gasteiger partial charge in [-0.1, -0.05) is 23.7 Å². The molecule has 0 radical (unpaired) electrons. The Balaban J connectivity index is 2.42. The van der Waals surface area contributed by atoms with Crippen molar-refractivity contribution in [1.82, 2.24) is 9.97 Å². The zero-order valence-corrected chi connectivity index (χ0v) is 10.5. The van der Waals surface area contributed by atoms with Gasteiger partial charge in [0.2, 0.25) is 0 Å². The number of aliphatic hydroxyl groups excluding tert-OH is 1. The van der Waals surface area contributed by atoms with E-state index in [4.69, 9.17) is 11.6 Å². The highest BCUT2D eigenvalue weighted by Gasteiger charge is 2.16. The van der Waals surface area contributed by atoms with Crippen LogP contribution in [0.1, 0.15) is 17.4 Å². The van der Waals surface area contributed by atoms with Gasteiger partial charge in [0.15, 0.2) is 0 Å². The molecule has 1 unspecified atom stereocenters. The fourth-order valence-corrected chi connectivity index (χ4v) is 1.95. The number of aliphatic hydroxyl groups is 1. The van der Waals surface area contributed by atoms with Crippen molar-refractivity contribution in [1.29, 1.82) is 0 Å². The highest BCUT2D eigenvalue weighted by Crippen LogP contribution is 2.32. The maximum atomic E-state index is 10.1. The number of benzene rings is 1. The molecular weight excluding hydrogens is 291 g/mol. The van der Waals surface area contributed by atoms with Crippen molar-refractivity contribution < 1.29 is 5.11 Å². The number of hydrogen-bond acceptors (Lipinski definition) is 3. The van der Waals surface area contributed by atoms with Gasteiger partial charge in [-0.25, -0.2) is 0 Å². The highest BCUT2D eigenvalue weighted by molar-refractivity contribution is 9.10. The Morgan fingerprint density at radius 1 is 1.31 bits per heavy atom. The van der Waals surface area contributed by atoms with Gasteiger partial charge >= 0.3 is 0 Å². The highest BCUT2D eigenvalue weighted by atomic mass is 79.9. The molecule has 0 fully saturated rings. The molecule has 0 saturated carbocycles. The standard InChI is InChI=1S/C11H8BrClN2O/c12-8-3-1-2-7(10(8)13)11(16)9-6-14-4-5-15-9/h1-6,11,16H. The van der Waals surface area contributed by atoms with Gasteiger partial charge in [-0.2, -0.15) is 0 Å². The van der Waals surface area contributed by atoms with Crippen molar-refractivity contribution in [3.05, 3.63) is 57.5 Å². The molecule has 16 heavy (non-hydrogen) atoms. The first-order chi connectivity index (χ1) is 7.70. The summed E-state index contributed by atoms with van der Waals surface area (Å²) >= 11 is 9.39. The van der Waals surface area contributed by atoms with Gasteiger partial charge in [-0.3, -0.25) is 9.97 Å². The van der Waals surface area contributed by atoms with Crippen molar-refractivity contribution >= 4 is 27.5 Å². The minimum atomic E-state index is -0.862. The Labute approximate surface area is 106 Å². The third-order valence-electron chi connectivity index (χ3n) is 2.14. The third-order valence-corrected chi connectivity index (χ3v) is 3.45. The number of hydrogen-bond donors (Lipinski definition) is 1. The number of aromatic nitrogens is 2. The third kappa shape index (κ3) is 2.24. The maximum absolute atomic E-state index is 10.1. The Hall–Kier alpha value is -0.970. The van der Waals surface area contributed by atoms with E-state index in [1.165, 1.54) is 12.4 Å². The van der Waals surface area contributed by atoms with Crippen LogP contribution in [0.4, 0.5) is 0 Å². The summed E-state index contributed by atoms with van der Waals surface area (Å²) in [6, 6.07) is 5.38. The first-order valence-corrected chi connectivity index (χ1v) is 5.75. The Morgan fingerprint density at radius 2 is 2.12 bits per heavy atom. The Kier molecular flexibility index (Phi) is 3.53. The largest absolute Gasteiger partial charge is 0.382 e. The molecule has 82 valence electrons. The van der Waals surface area contributed by atoms with Gasteiger partial charge in [-0.05, 0) is 22.0 Å². The predicted molar refractivity (Wildman–Crippen MR) is 65.2 cm³/mol. The molecule has 0 amide bonds. The zero-order valence-electron chi connectivity index (χ0n) is 8.14. The second-order valence-electron chi connectivity index (χ2n) is 3.18. The van der Waals surface area contributed by atoms with Crippen LogP contribution in [0.3, 0.4) is 0 Å². The first-order valence-electron chi connectivity index (χ1n) is 4.58. The fourth-order valence-electron chi connectivity index (χ4n) is 1.34. The summed E-state index contributed by atoms with van der Waals surface area (Å²) in [4.78, 5) is 7.95. The lowest BCUT2D eigenvalue weighted by Gasteiger charge is -2.12. The zero-order chi connectivity index (χ0) is 11.5. The number of halogens is 2. The van der Waals surface area contributed by atoms with Crippen LogP contribution in [-0.2, 0) is 0 Å². The van der Waals surface area contributed by atoms with Crippen molar-refractivity contribution in [3.8, 4) is 0 Å². The van der Waals surface area contributed by atoms with Gasteiger partial charge in [-0.15, -0.1) is 0 Å². The van der Waals surface area contributed by atoms with Crippen molar-refractivity contribution in [3.63, 3.8) is 0 Å². The molecule has 1 aromatic heterocycles. The molecule has 0 bridgehead atoms. The smallest absolute Gasteiger partial charge is 0.124 e. The van der Waals surface area contributed by atoms with Crippen LogP contribution in [-0.4, -0.2) is 15.1 Å². The predicted octanol–water partition coefficient (Wildman–Crippen LogP) is 2.97. The summed E-state index contributed by atoms with van der Waals surface area (Å²) in [5, 5.41) is 10.6. The minimum Gasteiger partial charge on any atom is -0.382 e. The van der Waals surface area contributed by atoms with Gasteiger partial charge in [0, 0.05) is 22.4 Å². The van der Waals surface area contributed by atoms with Crippen LogP contribution in [0.2, 0.25) is 5.02 Å². The summed E-state index contributed by atoms with van der Waals surface area (Å²) in [7, 11) is 0. The van der Waals surface area contributed by atoms with Gasteiger partial charge in [0.25, 0.3) is 0 Å². The molecule has 1 aromatic carbocycles. The molecule has 0 spiro atoms. The van der Waals surface area contributed by atoms with Crippen molar-refractivity contribution in [2.75, 3.05) is 0 Å². The van der Waals surface area contributed by atoms with Crippen LogP contribution in [0.5, 0.6) is 0 Å². The summed E-state index contributed by atoms with van der Waals surface area (Å²) in [5.41, 5.74) is 1.08. The van der Waals surface area contributed by atoms with Crippen LogP contribution in [0, 0.1) is 0 Å². The lowest BCUT2D eigenvalue weighted by atomic mass is 10.1. The number of nitrogens with zero attached hydrogens (tertiary/aromatic N) is 2. The van der Waals surface area contributed by atoms with E-state index >= 15 is 0 Å². The van der Waals surface area contributed by atoms with Gasteiger partial charge in [0.1, 0.15) is 6.10 Å². The molecule has 0 saturated heterocycles. The molecule has 0 aliphatic heterocycles. The molecule has 0 aliphatic rings. The average Bonchev–Trinajstić information content (AvgIpc) is 2.33. The fraction of sp³-hybridized carbons (Fsp3) is 0.0909. The lowest BCUT2D eigenvalue weighted by molar-refractivity contribution is 0.215. The van der Waals surface area contributed by atoms with E-state index in [2.05, 4.69) is 25.9 Å². The maximum Gasteiger partial charge on any atom is 0.124 e. The topological polar surface area (TPSA) is 46.0 Å². The second-order valence-corrected chi connectivity index (χ2v) is 4.41. The second kappa shape index (κ2) is 4.91. The monoisotopic (exact) mass is 298 g/mol. The van der Waals surface area contributed by atoms with E-state index < -0.39 is 6.10 Å². The summed E-state index contributed by atoms with van der Waals surface area (Å²) < 4.78 is 0.745. The molecule has 1 N–H and O–H groups in total. The molecule has 3 nitrogen and oxygen atoms in total. The Morgan fingerprint density at radius 3 is 2.81 bits per heavy atom. The molecule has 2 aromatic rings. The lowest BCUT2D eigenvalue weighted by Crippen LogP contribution is -2.03. The molecule has 5 heteroatoms. The minimum absolute atomic E-state index is 0.475. The molecule has 0 aliphatic carbocycles. The van der Waals surface area contributed by atoms with Crippen LogP contribution in [0.15, 0.2) is 41.3 Å². The molecule has 1 heterocycles. The quantitative estimate of drug-likeness (QED) is 0.927. The summed E-state index contributed by atoms with van der Waals surface area (Å²) in [6.45, 7) is 0.